The lowest BCUT2D eigenvalue weighted by atomic mass is 10.2. The Bertz CT molecular complexity index is 679. The lowest BCUT2D eigenvalue weighted by molar-refractivity contribution is -0.110. The fourth-order valence-electron chi connectivity index (χ4n) is 1.86. The van der Waals surface area contributed by atoms with Crippen molar-refractivity contribution in [1.29, 1.82) is 0 Å². The molecule has 1 atom stereocenters. The van der Waals surface area contributed by atoms with Crippen LogP contribution in [0.2, 0.25) is 0 Å². The van der Waals surface area contributed by atoms with E-state index in [-0.39, 0.29) is 17.0 Å². The molecule has 2 heterocycles. The summed E-state index contributed by atoms with van der Waals surface area (Å²) in [6, 6.07) is 4.95. The van der Waals surface area contributed by atoms with Crippen molar-refractivity contribution in [3.63, 3.8) is 0 Å². The zero-order valence-corrected chi connectivity index (χ0v) is 10.9. The molecule has 1 aliphatic heterocycles. The van der Waals surface area contributed by atoms with Gasteiger partial charge in [0.2, 0.25) is 0 Å². The molecule has 6 nitrogen and oxygen atoms in total. The molecule has 3 rings (SSSR count). The third kappa shape index (κ3) is 2.24. The van der Waals surface area contributed by atoms with Gasteiger partial charge >= 0.3 is 0 Å². The summed E-state index contributed by atoms with van der Waals surface area (Å²) in [5.74, 6) is -0.100. The predicted octanol–water partition coefficient (Wildman–Crippen LogP) is 1.81. The number of fused-ring (bicyclic) bond motifs is 1. The third-order valence-electron chi connectivity index (χ3n) is 2.74. The van der Waals surface area contributed by atoms with E-state index < -0.39 is 0 Å². The first-order valence-electron chi connectivity index (χ1n) is 5.75. The number of benzene rings is 1. The molecule has 0 bridgehead atoms. The molecule has 19 heavy (non-hydrogen) atoms. The van der Waals surface area contributed by atoms with Crippen molar-refractivity contribution in [2.24, 2.45) is 5.10 Å². The summed E-state index contributed by atoms with van der Waals surface area (Å²) in [5, 5.41) is 17.5. The molecule has 0 radical (unpaired) electrons. The van der Waals surface area contributed by atoms with Crippen LogP contribution < -0.4 is 10.7 Å². The Morgan fingerprint density at radius 3 is 3.11 bits per heavy atom. The zero-order chi connectivity index (χ0) is 13.4. The minimum atomic E-state index is -0.258. The highest BCUT2D eigenvalue weighted by atomic mass is 32.2. The minimum absolute atomic E-state index is 0.104. The number of phenols is 1. The van der Waals surface area contributed by atoms with Crippen LogP contribution in [0.5, 0.6) is 5.75 Å². The summed E-state index contributed by atoms with van der Waals surface area (Å²) in [4.78, 5) is 15.0. The number of hydrazone groups is 1. The number of aromatic nitrogens is 1. The van der Waals surface area contributed by atoms with Crippen LogP contribution >= 0.6 is 11.8 Å². The van der Waals surface area contributed by atoms with E-state index >= 15 is 0 Å². The second-order valence-electron chi connectivity index (χ2n) is 4.19. The van der Waals surface area contributed by atoms with E-state index in [0.29, 0.717) is 10.7 Å². The average molecular weight is 276 g/mol. The number of carbonyl (C=O) groups excluding carboxylic acids is 1. The maximum absolute atomic E-state index is 12.0. The highest BCUT2D eigenvalue weighted by molar-refractivity contribution is 8.16. The number of anilines is 1. The van der Waals surface area contributed by atoms with Crippen molar-refractivity contribution in [2.75, 3.05) is 5.32 Å². The van der Waals surface area contributed by atoms with Gasteiger partial charge in [-0.05, 0) is 25.1 Å². The Morgan fingerprint density at radius 1 is 1.53 bits per heavy atom. The summed E-state index contributed by atoms with van der Waals surface area (Å²) in [5.41, 5.74) is 4.29. The Hall–Kier alpha value is -2.15. The Kier molecular flexibility index (Phi) is 2.83. The van der Waals surface area contributed by atoms with E-state index in [4.69, 9.17) is 0 Å². The van der Waals surface area contributed by atoms with E-state index in [2.05, 4.69) is 20.8 Å². The molecule has 0 saturated carbocycles. The van der Waals surface area contributed by atoms with Gasteiger partial charge in [-0.25, -0.2) is 0 Å². The van der Waals surface area contributed by atoms with E-state index in [1.807, 2.05) is 6.92 Å². The van der Waals surface area contributed by atoms with Crippen LogP contribution in [0.1, 0.15) is 6.92 Å². The summed E-state index contributed by atoms with van der Waals surface area (Å²) in [6.45, 7) is 1.93. The molecule has 1 unspecified atom stereocenters. The predicted molar refractivity (Wildman–Crippen MR) is 76.2 cm³/mol. The molecule has 0 saturated heterocycles. The molecule has 0 aliphatic carbocycles. The number of nitrogens with one attached hydrogen (secondary N) is 3. The SMILES string of the molecule is CC1NN=C(C(=O)Nc2c[nH]c3ccc(O)cc23)S1. The van der Waals surface area contributed by atoms with Crippen LogP contribution in [0.3, 0.4) is 0 Å². The molecular formula is C12H12N4O2S. The Morgan fingerprint density at radius 2 is 2.37 bits per heavy atom. The third-order valence-corrected chi connectivity index (χ3v) is 3.70. The normalized spacial score (nSPS) is 18.2. The number of rotatable bonds is 2. The highest BCUT2D eigenvalue weighted by Gasteiger charge is 2.22. The van der Waals surface area contributed by atoms with Crippen molar-refractivity contribution in [2.45, 2.75) is 12.3 Å². The Balaban J connectivity index is 1.85. The van der Waals surface area contributed by atoms with Gasteiger partial charge in [0, 0.05) is 17.1 Å². The first kappa shape index (κ1) is 11.9. The molecular weight excluding hydrogens is 264 g/mol. The molecule has 1 aromatic heterocycles. The summed E-state index contributed by atoms with van der Waals surface area (Å²) < 4.78 is 0. The lowest BCUT2D eigenvalue weighted by Crippen LogP contribution is -2.19. The van der Waals surface area contributed by atoms with E-state index in [1.54, 1.807) is 24.4 Å². The molecule has 2 aromatic rings. The van der Waals surface area contributed by atoms with Gasteiger partial charge < -0.3 is 15.4 Å². The topological polar surface area (TPSA) is 89.5 Å². The summed E-state index contributed by atoms with van der Waals surface area (Å²) >= 11 is 1.37. The van der Waals surface area contributed by atoms with Gasteiger partial charge in [-0.3, -0.25) is 10.2 Å². The highest BCUT2D eigenvalue weighted by Crippen LogP contribution is 2.27. The van der Waals surface area contributed by atoms with Gasteiger partial charge in [0.25, 0.3) is 5.91 Å². The quantitative estimate of drug-likeness (QED) is 0.673. The van der Waals surface area contributed by atoms with E-state index in [0.717, 1.165) is 10.9 Å². The molecule has 0 fully saturated rings. The van der Waals surface area contributed by atoms with Crippen LogP contribution in [-0.4, -0.2) is 26.4 Å². The van der Waals surface area contributed by atoms with Gasteiger partial charge in [0.15, 0.2) is 5.04 Å². The van der Waals surface area contributed by atoms with E-state index in [9.17, 15) is 9.90 Å². The number of aromatic amines is 1. The van der Waals surface area contributed by atoms with Crippen LogP contribution in [0.15, 0.2) is 29.5 Å². The monoisotopic (exact) mass is 276 g/mol. The first-order chi connectivity index (χ1) is 9.13. The lowest BCUT2D eigenvalue weighted by Gasteiger charge is -2.03. The van der Waals surface area contributed by atoms with Crippen LogP contribution in [-0.2, 0) is 4.79 Å². The number of carbonyl (C=O) groups is 1. The molecule has 1 aromatic carbocycles. The summed E-state index contributed by atoms with van der Waals surface area (Å²) in [7, 11) is 0. The maximum Gasteiger partial charge on any atom is 0.282 e. The van der Waals surface area contributed by atoms with Crippen LogP contribution in [0, 0.1) is 0 Å². The van der Waals surface area contributed by atoms with Gasteiger partial charge in [-0.1, -0.05) is 11.8 Å². The number of phenolic OH excluding ortho intramolecular Hbond substituents is 1. The standard InChI is InChI=1S/C12H12N4O2S/c1-6-15-16-12(19-6)11(18)14-10-5-13-9-3-2-7(17)4-8(9)10/h2-6,13,15,17H,1H3,(H,14,18). The Labute approximate surface area is 113 Å². The number of nitrogens with zero attached hydrogens (tertiary/aromatic N) is 1. The van der Waals surface area contributed by atoms with Crippen LogP contribution in [0.25, 0.3) is 10.9 Å². The van der Waals surface area contributed by atoms with Gasteiger partial charge in [-0.15, -0.1) is 0 Å². The molecule has 7 heteroatoms. The van der Waals surface area contributed by atoms with Crippen molar-refractivity contribution < 1.29 is 9.90 Å². The van der Waals surface area contributed by atoms with Crippen molar-refractivity contribution in [3.05, 3.63) is 24.4 Å². The second-order valence-corrected chi connectivity index (χ2v) is 5.52. The first-order valence-corrected chi connectivity index (χ1v) is 6.63. The molecule has 1 amide bonds. The average Bonchev–Trinajstić information content (AvgIpc) is 2.97. The molecule has 98 valence electrons. The second kappa shape index (κ2) is 4.51. The molecule has 0 spiro atoms. The van der Waals surface area contributed by atoms with Gasteiger partial charge in [-0.2, -0.15) is 5.10 Å². The minimum Gasteiger partial charge on any atom is -0.508 e. The van der Waals surface area contributed by atoms with Gasteiger partial charge in [0.05, 0.1) is 11.1 Å². The fourth-order valence-corrected chi connectivity index (χ4v) is 2.57. The zero-order valence-electron chi connectivity index (χ0n) is 10.1. The fraction of sp³-hybridized carbons (Fsp3) is 0.167. The van der Waals surface area contributed by atoms with Crippen LogP contribution in [0.4, 0.5) is 5.69 Å². The number of amides is 1. The van der Waals surface area contributed by atoms with Crippen molar-refractivity contribution in [1.82, 2.24) is 10.4 Å². The molecule has 1 aliphatic rings. The number of thioether (sulfide) groups is 1. The van der Waals surface area contributed by atoms with Gasteiger partial charge in [0.1, 0.15) is 5.75 Å². The molecule has 4 N–H and O–H groups in total. The summed E-state index contributed by atoms with van der Waals surface area (Å²) in [6.07, 6.45) is 1.69. The largest absolute Gasteiger partial charge is 0.508 e. The number of hydrogen-bond acceptors (Lipinski definition) is 5. The maximum atomic E-state index is 12.0. The number of H-pyrrole nitrogens is 1. The number of hydrogen-bond donors (Lipinski definition) is 4. The number of aromatic hydroxyl groups is 1. The van der Waals surface area contributed by atoms with Crippen molar-refractivity contribution >= 4 is 39.3 Å². The van der Waals surface area contributed by atoms with Crippen molar-refractivity contribution in [3.8, 4) is 5.75 Å². The smallest absolute Gasteiger partial charge is 0.282 e. The van der Waals surface area contributed by atoms with E-state index in [1.165, 1.54) is 11.8 Å².